The van der Waals surface area contributed by atoms with Crippen molar-refractivity contribution in [3.05, 3.63) is 51.7 Å². The van der Waals surface area contributed by atoms with Crippen molar-refractivity contribution in [3.63, 3.8) is 0 Å². The van der Waals surface area contributed by atoms with Gasteiger partial charge in [-0.25, -0.2) is 0 Å². The number of benzene rings is 1. The smallest absolute Gasteiger partial charge is 0.387 e. The molecule has 1 N–H and O–H groups in total. The van der Waals surface area contributed by atoms with Crippen molar-refractivity contribution in [1.29, 1.82) is 0 Å². The highest BCUT2D eigenvalue weighted by Gasteiger charge is 2.11. The number of alkyl halides is 2. The van der Waals surface area contributed by atoms with Crippen molar-refractivity contribution >= 4 is 23.0 Å². The molecule has 7 heteroatoms. The summed E-state index contributed by atoms with van der Waals surface area (Å²) in [7, 11) is 0. The maximum absolute atomic E-state index is 12.0. The zero-order valence-corrected chi connectivity index (χ0v) is 13.9. The molecule has 0 aliphatic carbocycles. The Morgan fingerprint density at radius 3 is 2.42 bits per heavy atom. The van der Waals surface area contributed by atoms with Crippen molar-refractivity contribution in [2.75, 3.05) is 0 Å². The maximum atomic E-state index is 12.0. The highest BCUT2D eigenvalue weighted by Crippen LogP contribution is 2.17. The fraction of sp³-hybridized carbons (Fsp3) is 0.294. The topological polar surface area (TPSA) is 55.4 Å². The Kier molecular flexibility index (Phi) is 6.43. The number of halogens is 2. The third-order valence-electron chi connectivity index (χ3n) is 3.23. The summed E-state index contributed by atoms with van der Waals surface area (Å²) in [5.74, 6) is -0.210. The summed E-state index contributed by atoms with van der Waals surface area (Å²) in [4.78, 5) is 25.4. The molecule has 1 aromatic carbocycles. The Hall–Kier alpha value is -2.28. The normalized spacial score (nSPS) is 10.7. The SMILES string of the molecule is Cc1ccc(C(=O)CCC(=O)NCc2ccc(OC(F)F)cc2)s1. The molecule has 0 saturated heterocycles. The summed E-state index contributed by atoms with van der Waals surface area (Å²) < 4.78 is 28.3. The van der Waals surface area contributed by atoms with E-state index in [1.54, 1.807) is 18.2 Å². The van der Waals surface area contributed by atoms with Crippen LogP contribution in [0.15, 0.2) is 36.4 Å². The number of aryl methyl sites for hydroxylation is 1. The predicted molar refractivity (Wildman–Crippen MR) is 87.5 cm³/mol. The van der Waals surface area contributed by atoms with Gasteiger partial charge < -0.3 is 10.1 Å². The number of amides is 1. The molecule has 0 radical (unpaired) electrons. The highest BCUT2D eigenvalue weighted by atomic mass is 32.1. The van der Waals surface area contributed by atoms with Gasteiger partial charge in [0, 0.05) is 24.3 Å². The third-order valence-corrected chi connectivity index (χ3v) is 4.27. The zero-order chi connectivity index (χ0) is 17.5. The number of Topliss-reactive ketones (excluding diaryl/α,β-unsaturated/α-hetero) is 1. The van der Waals surface area contributed by atoms with Gasteiger partial charge in [0.2, 0.25) is 5.91 Å². The summed E-state index contributed by atoms with van der Waals surface area (Å²) in [6, 6.07) is 9.66. The van der Waals surface area contributed by atoms with E-state index in [0.717, 1.165) is 10.4 Å². The fourth-order valence-corrected chi connectivity index (χ4v) is 2.85. The van der Waals surface area contributed by atoms with E-state index in [0.29, 0.717) is 4.88 Å². The summed E-state index contributed by atoms with van der Waals surface area (Å²) in [6.45, 7) is -0.675. The van der Waals surface area contributed by atoms with Crippen LogP contribution in [0, 0.1) is 6.92 Å². The average Bonchev–Trinajstić information content (AvgIpc) is 2.98. The van der Waals surface area contributed by atoms with Crippen molar-refractivity contribution in [3.8, 4) is 5.75 Å². The number of hydrogen-bond acceptors (Lipinski definition) is 4. The van der Waals surface area contributed by atoms with Crippen LogP contribution in [0.3, 0.4) is 0 Å². The van der Waals surface area contributed by atoms with Crippen LogP contribution in [0.4, 0.5) is 8.78 Å². The van der Waals surface area contributed by atoms with E-state index < -0.39 is 6.61 Å². The van der Waals surface area contributed by atoms with Gasteiger partial charge in [-0.05, 0) is 36.8 Å². The third kappa shape index (κ3) is 5.73. The first kappa shape index (κ1) is 18.1. The molecule has 4 nitrogen and oxygen atoms in total. The molecule has 0 bridgehead atoms. The number of nitrogens with one attached hydrogen (secondary N) is 1. The Labute approximate surface area is 142 Å². The molecule has 0 spiro atoms. The number of rotatable bonds is 8. The van der Waals surface area contributed by atoms with Crippen molar-refractivity contribution in [2.45, 2.75) is 32.9 Å². The molecular formula is C17H17F2NO3S. The van der Waals surface area contributed by atoms with E-state index >= 15 is 0 Å². The summed E-state index contributed by atoms with van der Waals surface area (Å²) in [5.41, 5.74) is 0.755. The van der Waals surface area contributed by atoms with Crippen molar-refractivity contribution in [2.24, 2.45) is 0 Å². The number of hydrogen-bond donors (Lipinski definition) is 1. The van der Waals surface area contributed by atoms with Gasteiger partial charge >= 0.3 is 6.61 Å². The van der Waals surface area contributed by atoms with E-state index in [-0.39, 0.29) is 36.8 Å². The lowest BCUT2D eigenvalue weighted by atomic mass is 10.1. The fourth-order valence-electron chi connectivity index (χ4n) is 2.01. The van der Waals surface area contributed by atoms with Gasteiger partial charge in [-0.1, -0.05) is 12.1 Å². The highest BCUT2D eigenvalue weighted by molar-refractivity contribution is 7.14. The number of ether oxygens (including phenoxy) is 1. The molecule has 2 aromatic rings. The number of carbonyl (C=O) groups excluding carboxylic acids is 2. The Morgan fingerprint density at radius 2 is 1.83 bits per heavy atom. The van der Waals surface area contributed by atoms with Crippen LogP contribution < -0.4 is 10.1 Å². The molecule has 0 aliphatic rings. The maximum Gasteiger partial charge on any atom is 0.387 e. The first-order valence-corrected chi connectivity index (χ1v) is 8.16. The van der Waals surface area contributed by atoms with Crippen LogP contribution in [0.5, 0.6) is 5.75 Å². The number of thiophene rings is 1. The summed E-state index contributed by atoms with van der Waals surface area (Å²) >= 11 is 1.42. The Bertz CT molecular complexity index is 698. The lowest BCUT2D eigenvalue weighted by Gasteiger charge is -2.07. The van der Waals surface area contributed by atoms with E-state index in [4.69, 9.17) is 0 Å². The van der Waals surface area contributed by atoms with Gasteiger partial charge in [0.25, 0.3) is 0 Å². The van der Waals surface area contributed by atoms with Gasteiger partial charge in [-0.3, -0.25) is 9.59 Å². The number of ketones is 1. The van der Waals surface area contributed by atoms with E-state index in [2.05, 4.69) is 10.1 Å². The molecule has 2 rings (SSSR count). The molecular weight excluding hydrogens is 336 g/mol. The first-order valence-electron chi connectivity index (χ1n) is 7.34. The molecule has 128 valence electrons. The van der Waals surface area contributed by atoms with Crippen LogP contribution >= 0.6 is 11.3 Å². The predicted octanol–water partition coefficient (Wildman–Crippen LogP) is 3.94. The van der Waals surface area contributed by atoms with Crippen LogP contribution in [0.25, 0.3) is 0 Å². The molecule has 1 amide bonds. The van der Waals surface area contributed by atoms with Crippen LogP contribution in [0.1, 0.15) is 33.0 Å². The van der Waals surface area contributed by atoms with E-state index in [1.165, 1.54) is 23.5 Å². The largest absolute Gasteiger partial charge is 0.435 e. The lowest BCUT2D eigenvalue weighted by molar-refractivity contribution is -0.121. The Morgan fingerprint density at radius 1 is 1.12 bits per heavy atom. The standard InChI is InChI=1S/C17H17F2NO3S/c1-11-2-8-15(24-11)14(21)7-9-16(22)20-10-12-3-5-13(6-4-12)23-17(18)19/h2-6,8,17H,7,9-10H2,1H3,(H,20,22). The quantitative estimate of drug-likeness (QED) is 0.732. The minimum atomic E-state index is -2.86. The molecule has 0 saturated carbocycles. The zero-order valence-electron chi connectivity index (χ0n) is 13.1. The van der Waals surface area contributed by atoms with Crippen LogP contribution in [-0.4, -0.2) is 18.3 Å². The monoisotopic (exact) mass is 353 g/mol. The van der Waals surface area contributed by atoms with Gasteiger partial charge in [0.1, 0.15) is 5.75 Å². The Balaban J connectivity index is 1.73. The minimum Gasteiger partial charge on any atom is -0.435 e. The second-order valence-corrected chi connectivity index (χ2v) is 6.42. The molecule has 1 heterocycles. The second kappa shape index (κ2) is 8.54. The first-order chi connectivity index (χ1) is 11.4. The van der Waals surface area contributed by atoms with Crippen LogP contribution in [0.2, 0.25) is 0 Å². The molecule has 0 atom stereocenters. The molecule has 1 aromatic heterocycles. The number of carbonyl (C=O) groups is 2. The summed E-state index contributed by atoms with van der Waals surface area (Å²) in [5, 5.41) is 2.69. The molecule has 0 unspecified atom stereocenters. The second-order valence-electron chi connectivity index (χ2n) is 5.13. The van der Waals surface area contributed by atoms with E-state index in [9.17, 15) is 18.4 Å². The van der Waals surface area contributed by atoms with Gasteiger partial charge in [-0.15, -0.1) is 11.3 Å². The molecule has 0 fully saturated rings. The van der Waals surface area contributed by atoms with Gasteiger partial charge in [-0.2, -0.15) is 8.78 Å². The molecule has 0 aliphatic heterocycles. The molecule has 24 heavy (non-hydrogen) atoms. The van der Waals surface area contributed by atoms with E-state index in [1.807, 2.05) is 13.0 Å². The van der Waals surface area contributed by atoms with Gasteiger partial charge in [0.05, 0.1) is 4.88 Å². The minimum absolute atomic E-state index is 0.0447. The van der Waals surface area contributed by atoms with Gasteiger partial charge in [0.15, 0.2) is 5.78 Å². The van der Waals surface area contributed by atoms with Crippen LogP contribution in [-0.2, 0) is 11.3 Å². The lowest BCUT2D eigenvalue weighted by Crippen LogP contribution is -2.23. The van der Waals surface area contributed by atoms with Crippen molar-refractivity contribution in [1.82, 2.24) is 5.32 Å². The average molecular weight is 353 g/mol. The summed E-state index contributed by atoms with van der Waals surface area (Å²) in [6.07, 6.45) is 0.273. The van der Waals surface area contributed by atoms with Crippen molar-refractivity contribution < 1.29 is 23.1 Å².